The predicted molar refractivity (Wildman–Crippen MR) is 105 cm³/mol. The SMILES string of the molecule is OC(COCc1ccccc1)CN1CCN(c2ncc(C(F)(F)F)cc2Cl)CC1. The summed E-state index contributed by atoms with van der Waals surface area (Å²) in [5.74, 6) is 0.353. The third kappa shape index (κ3) is 6.30. The van der Waals surface area contributed by atoms with Gasteiger partial charge < -0.3 is 14.7 Å². The lowest BCUT2D eigenvalue weighted by atomic mass is 10.2. The first-order chi connectivity index (χ1) is 13.8. The number of benzene rings is 1. The summed E-state index contributed by atoms with van der Waals surface area (Å²) in [5.41, 5.74) is 0.192. The number of hydrogen-bond acceptors (Lipinski definition) is 5. The number of aromatic nitrogens is 1. The minimum atomic E-state index is -4.47. The average Bonchev–Trinajstić information content (AvgIpc) is 2.69. The maximum absolute atomic E-state index is 12.7. The second kappa shape index (κ2) is 9.75. The van der Waals surface area contributed by atoms with Crippen molar-refractivity contribution in [2.75, 3.05) is 44.2 Å². The molecule has 0 bridgehead atoms. The van der Waals surface area contributed by atoms with Crippen molar-refractivity contribution >= 4 is 17.4 Å². The number of nitrogens with zero attached hydrogens (tertiary/aromatic N) is 3. The summed E-state index contributed by atoms with van der Waals surface area (Å²) < 4.78 is 43.8. The molecule has 1 N–H and O–H groups in total. The first-order valence-corrected chi connectivity index (χ1v) is 9.70. The van der Waals surface area contributed by atoms with Crippen LogP contribution in [0.15, 0.2) is 42.6 Å². The number of aliphatic hydroxyl groups excluding tert-OH is 1. The van der Waals surface area contributed by atoms with Gasteiger partial charge in [0.25, 0.3) is 0 Å². The summed E-state index contributed by atoms with van der Waals surface area (Å²) in [6.07, 6.45) is -4.27. The molecule has 1 aliphatic rings. The molecule has 0 aliphatic carbocycles. The molecular formula is C20H23ClF3N3O2. The summed E-state index contributed by atoms with van der Waals surface area (Å²) in [6, 6.07) is 10.6. The number of rotatable bonds is 7. The quantitative estimate of drug-likeness (QED) is 0.730. The van der Waals surface area contributed by atoms with Gasteiger partial charge in [0.2, 0.25) is 0 Å². The Labute approximate surface area is 172 Å². The molecule has 3 rings (SSSR count). The van der Waals surface area contributed by atoms with E-state index in [1.54, 1.807) is 0 Å². The largest absolute Gasteiger partial charge is 0.417 e. The van der Waals surface area contributed by atoms with Gasteiger partial charge >= 0.3 is 6.18 Å². The van der Waals surface area contributed by atoms with Crippen molar-refractivity contribution in [1.82, 2.24) is 9.88 Å². The smallest absolute Gasteiger partial charge is 0.389 e. The Balaban J connectivity index is 1.43. The fourth-order valence-corrected chi connectivity index (χ4v) is 3.48. The first kappa shape index (κ1) is 21.8. The van der Waals surface area contributed by atoms with Crippen LogP contribution in [0.3, 0.4) is 0 Å². The lowest BCUT2D eigenvalue weighted by Crippen LogP contribution is -2.49. The van der Waals surface area contributed by atoms with E-state index in [1.165, 1.54) is 0 Å². The molecule has 0 saturated carbocycles. The van der Waals surface area contributed by atoms with Crippen LogP contribution in [0.2, 0.25) is 5.02 Å². The van der Waals surface area contributed by atoms with Gasteiger partial charge in [-0.2, -0.15) is 13.2 Å². The molecular weight excluding hydrogens is 407 g/mol. The van der Waals surface area contributed by atoms with Gasteiger partial charge in [-0.25, -0.2) is 4.98 Å². The van der Waals surface area contributed by atoms with E-state index in [1.807, 2.05) is 35.2 Å². The molecule has 0 spiro atoms. The zero-order valence-corrected chi connectivity index (χ0v) is 16.5. The van der Waals surface area contributed by atoms with Gasteiger partial charge in [-0.05, 0) is 11.6 Å². The zero-order chi connectivity index (χ0) is 20.9. The molecule has 1 aromatic carbocycles. The average molecular weight is 430 g/mol. The summed E-state index contributed by atoms with van der Waals surface area (Å²) in [7, 11) is 0. The molecule has 5 nitrogen and oxygen atoms in total. The summed E-state index contributed by atoms with van der Waals surface area (Å²) in [6.45, 7) is 3.58. The van der Waals surface area contributed by atoms with E-state index in [9.17, 15) is 18.3 Å². The fourth-order valence-electron chi connectivity index (χ4n) is 3.20. The van der Waals surface area contributed by atoms with Gasteiger partial charge in [0.05, 0.1) is 29.9 Å². The van der Waals surface area contributed by atoms with Crippen LogP contribution in [0.1, 0.15) is 11.1 Å². The van der Waals surface area contributed by atoms with E-state index in [0.29, 0.717) is 45.1 Å². The molecule has 1 saturated heterocycles. The molecule has 2 heterocycles. The topological polar surface area (TPSA) is 48.8 Å². The Morgan fingerprint density at radius 3 is 2.45 bits per heavy atom. The number of hydrogen-bond donors (Lipinski definition) is 1. The summed E-state index contributed by atoms with van der Waals surface area (Å²) in [5, 5.41) is 10.2. The molecule has 9 heteroatoms. The highest BCUT2D eigenvalue weighted by atomic mass is 35.5. The first-order valence-electron chi connectivity index (χ1n) is 9.32. The van der Waals surface area contributed by atoms with Crippen LogP contribution >= 0.6 is 11.6 Å². The number of alkyl halides is 3. The lowest BCUT2D eigenvalue weighted by Gasteiger charge is -2.36. The van der Waals surface area contributed by atoms with Crippen molar-refractivity contribution in [3.8, 4) is 0 Å². The highest BCUT2D eigenvalue weighted by Crippen LogP contribution is 2.33. The minimum Gasteiger partial charge on any atom is -0.389 e. The molecule has 29 heavy (non-hydrogen) atoms. The van der Waals surface area contributed by atoms with Gasteiger partial charge in [-0.1, -0.05) is 41.9 Å². The van der Waals surface area contributed by atoms with Crippen LogP contribution in [0.4, 0.5) is 19.0 Å². The van der Waals surface area contributed by atoms with Gasteiger partial charge in [-0.3, -0.25) is 4.90 Å². The van der Waals surface area contributed by atoms with E-state index in [-0.39, 0.29) is 11.6 Å². The van der Waals surface area contributed by atoms with Gasteiger partial charge in [0.1, 0.15) is 5.82 Å². The van der Waals surface area contributed by atoms with Crippen LogP contribution in [0, 0.1) is 0 Å². The number of piperazine rings is 1. The second-order valence-electron chi connectivity index (χ2n) is 6.97. The molecule has 1 atom stereocenters. The molecule has 1 fully saturated rings. The molecule has 2 aromatic rings. The number of ether oxygens (including phenoxy) is 1. The van der Waals surface area contributed by atoms with Crippen molar-refractivity contribution in [3.63, 3.8) is 0 Å². The number of pyridine rings is 1. The molecule has 1 aliphatic heterocycles. The van der Waals surface area contributed by atoms with Crippen LogP contribution in [-0.2, 0) is 17.5 Å². The van der Waals surface area contributed by atoms with Crippen molar-refractivity contribution < 1.29 is 23.0 Å². The molecule has 1 aromatic heterocycles. The molecule has 0 amide bonds. The van der Waals surface area contributed by atoms with E-state index in [4.69, 9.17) is 16.3 Å². The number of β-amino-alcohol motifs (C(OH)–C–C–N with tert-alkyl or cyclic N) is 1. The van der Waals surface area contributed by atoms with Gasteiger partial charge in [0.15, 0.2) is 0 Å². The van der Waals surface area contributed by atoms with Crippen molar-refractivity contribution in [2.24, 2.45) is 0 Å². The van der Waals surface area contributed by atoms with Crippen molar-refractivity contribution in [1.29, 1.82) is 0 Å². The number of aliphatic hydroxyl groups is 1. The van der Waals surface area contributed by atoms with Crippen molar-refractivity contribution in [2.45, 2.75) is 18.9 Å². The van der Waals surface area contributed by atoms with Crippen LogP contribution in [0.5, 0.6) is 0 Å². The fraction of sp³-hybridized carbons (Fsp3) is 0.450. The van der Waals surface area contributed by atoms with E-state index in [2.05, 4.69) is 9.88 Å². The zero-order valence-electron chi connectivity index (χ0n) is 15.8. The predicted octanol–water partition coefficient (Wildman–Crippen LogP) is 3.45. The van der Waals surface area contributed by atoms with Crippen LogP contribution in [0.25, 0.3) is 0 Å². The Morgan fingerprint density at radius 1 is 1.14 bits per heavy atom. The normalized spacial score (nSPS) is 16.8. The van der Waals surface area contributed by atoms with E-state index < -0.39 is 17.8 Å². The maximum Gasteiger partial charge on any atom is 0.417 e. The van der Waals surface area contributed by atoms with Gasteiger partial charge in [0, 0.05) is 38.9 Å². The third-order valence-corrected chi connectivity index (χ3v) is 4.99. The lowest BCUT2D eigenvalue weighted by molar-refractivity contribution is -0.137. The Bertz CT molecular complexity index is 784. The number of halogens is 4. The minimum absolute atomic E-state index is 0.0115. The van der Waals surface area contributed by atoms with E-state index in [0.717, 1.165) is 17.8 Å². The monoisotopic (exact) mass is 429 g/mol. The number of anilines is 1. The molecule has 1 unspecified atom stereocenters. The Morgan fingerprint density at radius 2 is 1.83 bits per heavy atom. The highest BCUT2D eigenvalue weighted by molar-refractivity contribution is 6.33. The third-order valence-electron chi connectivity index (χ3n) is 4.71. The Hall–Kier alpha value is -1.87. The van der Waals surface area contributed by atoms with Crippen LogP contribution < -0.4 is 4.90 Å². The van der Waals surface area contributed by atoms with Gasteiger partial charge in [-0.15, -0.1) is 0 Å². The summed E-state index contributed by atoms with van der Waals surface area (Å²) >= 11 is 6.02. The highest BCUT2D eigenvalue weighted by Gasteiger charge is 2.32. The van der Waals surface area contributed by atoms with E-state index >= 15 is 0 Å². The molecule has 0 radical (unpaired) electrons. The Kier molecular flexibility index (Phi) is 7.34. The van der Waals surface area contributed by atoms with Crippen LogP contribution in [-0.4, -0.2) is 60.4 Å². The molecule has 158 valence electrons. The summed E-state index contributed by atoms with van der Waals surface area (Å²) in [4.78, 5) is 7.86. The maximum atomic E-state index is 12.7. The second-order valence-corrected chi connectivity index (χ2v) is 7.38. The van der Waals surface area contributed by atoms with Crippen molar-refractivity contribution in [3.05, 3.63) is 58.7 Å². The standard InChI is InChI=1S/C20H23ClF3N3O2/c21-18-10-16(20(22,23)24)11-25-19(18)27-8-6-26(7-9-27)12-17(28)14-29-13-15-4-2-1-3-5-15/h1-5,10-11,17,28H,6-9,12-14H2.